The number of benzene rings is 1. The number of sulfonamides is 1. The molecule has 0 radical (unpaired) electrons. The van der Waals surface area contributed by atoms with Crippen molar-refractivity contribution in [3.05, 3.63) is 29.6 Å². The Morgan fingerprint density at radius 3 is 2.50 bits per heavy atom. The SMILES string of the molecule is CCCN(CC)S(=O)(=O)c1cc(CO)ccc1F. The highest BCUT2D eigenvalue weighted by atomic mass is 32.2. The predicted octanol–water partition coefficient (Wildman–Crippen LogP) is 1.74. The van der Waals surface area contributed by atoms with Gasteiger partial charge in [0.05, 0.1) is 6.61 Å². The van der Waals surface area contributed by atoms with E-state index < -0.39 is 15.8 Å². The van der Waals surface area contributed by atoms with Gasteiger partial charge in [-0.15, -0.1) is 0 Å². The van der Waals surface area contributed by atoms with Crippen molar-refractivity contribution in [1.82, 2.24) is 4.31 Å². The summed E-state index contributed by atoms with van der Waals surface area (Å²) in [5, 5.41) is 8.99. The third-order valence-electron chi connectivity index (χ3n) is 2.62. The zero-order valence-electron chi connectivity index (χ0n) is 10.6. The average Bonchev–Trinajstić information content (AvgIpc) is 2.36. The van der Waals surface area contributed by atoms with E-state index in [0.29, 0.717) is 25.1 Å². The molecule has 6 heteroatoms. The van der Waals surface area contributed by atoms with E-state index in [2.05, 4.69) is 0 Å². The lowest BCUT2D eigenvalue weighted by atomic mass is 10.2. The third-order valence-corrected chi connectivity index (χ3v) is 4.61. The Morgan fingerprint density at radius 1 is 1.33 bits per heavy atom. The first kappa shape index (κ1) is 15.1. The first-order valence-corrected chi connectivity index (χ1v) is 7.30. The molecule has 0 amide bonds. The molecule has 4 nitrogen and oxygen atoms in total. The average molecular weight is 275 g/mol. The van der Waals surface area contributed by atoms with Crippen LogP contribution in [0.3, 0.4) is 0 Å². The molecule has 0 atom stereocenters. The second-order valence-electron chi connectivity index (χ2n) is 3.92. The molecule has 0 spiro atoms. The fraction of sp³-hybridized carbons (Fsp3) is 0.500. The second-order valence-corrected chi connectivity index (χ2v) is 5.83. The maximum atomic E-state index is 13.7. The Labute approximate surface area is 107 Å². The van der Waals surface area contributed by atoms with Crippen LogP contribution >= 0.6 is 0 Å². The van der Waals surface area contributed by atoms with Crippen LogP contribution in [-0.2, 0) is 16.6 Å². The van der Waals surface area contributed by atoms with Gasteiger partial charge in [-0.3, -0.25) is 0 Å². The van der Waals surface area contributed by atoms with Gasteiger partial charge in [-0.2, -0.15) is 4.31 Å². The van der Waals surface area contributed by atoms with Crippen molar-refractivity contribution in [2.45, 2.75) is 31.8 Å². The van der Waals surface area contributed by atoms with Gasteiger partial charge in [-0.25, -0.2) is 12.8 Å². The first-order valence-electron chi connectivity index (χ1n) is 5.86. The van der Waals surface area contributed by atoms with Gasteiger partial charge < -0.3 is 5.11 Å². The lowest BCUT2D eigenvalue weighted by Crippen LogP contribution is -2.32. The van der Waals surface area contributed by atoms with E-state index in [1.165, 1.54) is 16.4 Å². The second kappa shape index (κ2) is 6.26. The van der Waals surface area contributed by atoms with Crippen LogP contribution in [0.2, 0.25) is 0 Å². The minimum Gasteiger partial charge on any atom is -0.392 e. The molecule has 102 valence electrons. The van der Waals surface area contributed by atoms with Crippen molar-refractivity contribution in [1.29, 1.82) is 0 Å². The van der Waals surface area contributed by atoms with Crippen LogP contribution in [0, 0.1) is 5.82 Å². The fourth-order valence-corrected chi connectivity index (χ4v) is 3.34. The van der Waals surface area contributed by atoms with Gasteiger partial charge in [0.2, 0.25) is 10.0 Å². The lowest BCUT2D eigenvalue weighted by molar-refractivity contribution is 0.281. The highest BCUT2D eigenvalue weighted by Crippen LogP contribution is 2.21. The zero-order chi connectivity index (χ0) is 13.8. The molecule has 0 aliphatic carbocycles. The van der Waals surface area contributed by atoms with E-state index in [-0.39, 0.29) is 11.5 Å². The summed E-state index contributed by atoms with van der Waals surface area (Å²) in [6.45, 7) is 3.89. The van der Waals surface area contributed by atoms with Crippen LogP contribution in [-0.4, -0.2) is 30.9 Å². The summed E-state index contributed by atoms with van der Waals surface area (Å²) in [7, 11) is -3.83. The molecule has 0 aliphatic heterocycles. The lowest BCUT2D eigenvalue weighted by Gasteiger charge is -2.20. The summed E-state index contributed by atoms with van der Waals surface area (Å²) in [5.41, 5.74) is 0.377. The molecule has 0 fully saturated rings. The highest BCUT2D eigenvalue weighted by molar-refractivity contribution is 7.89. The van der Waals surface area contributed by atoms with E-state index in [1.54, 1.807) is 6.92 Å². The summed E-state index contributed by atoms with van der Waals surface area (Å²) in [4.78, 5) is -0.371. The maximum absolute atomic E-state index is 13.7. The van der Waals surface area contributed by atoms with Crippen molar-refractivity contribution in [2.75, 3.05) is 13.1 Å². The molecule has 1 aromatic rings. The van der Waals surface area contributed by atoms with Crippen molar-refractivity contribution in [3.8, 4) is 0 Å². The van der Waals surface area contributed by atoms with Crippen LogP contribution in [0.25, 0.3) is 0 Å². The van der Waals surface area contributed by atoms with Gasteiger partial charge in [0.25, 0.3) is 0 Å². The van der Waals surface area contributed by atoms with Crippen molar-refractivity contribution in [2.24, 2.45) is 0 Å². The molecule has 0 bridgehead atoms. The van der Waals surface area contributed by atoms with Crippen molar-refractivity contribution in [3.63, 3.8) is 0 Å². The Morgan fingerprint density at radius 2 is 2.00 bits per heavy atom. The molecule has 0 saturated carbocycles. The number of hydrogen-bond acceptors (Lipinski definition) is 3. The minimum absolute atomic E-state index is 0.291. The van der Waals surface area contributed by atoms with Gasteiger partial charge in [0.15, 0.2) is 0 Å². The summed E-state index contributed by atoms with van der Waals surface area (Å²) >= 11 is 0. The van der Waals surface area contributed by atoms with Gasteiger partial charge in [-0.1, -0.05) is 19.9 Å². The molecular formula is C12H18FNO3S. The topological polar surface area (TPSA) is 57.6 Å². The van der Waals surface area contributed by atoms with E-state index in [9.17, 15) is 12.8 Å². The number of hydrogen-bond donors (Lipinski definition) is 1. The van der Waals surface area contributed by atoms with Crippen LogP contribution in [0.1, 0.15) is 25.8 Å². The van der Waals surface area contributed by atoms with Crippen molar-refractivity contribution >= 4 is 10.0 Å². The van der Waals surface area contributed by atoms with Crippen molar-refractivity contribution < 1.29 is 17.9 Å². The summed E-state index contributed by atoms with van der Waals surface area (Å²) in [5.74, 6) is -0.790. The Balaban J connectivity index is 3.26. The smallest absolute Gasteiger partial charge is 0.245 e. The number of aliphatic hydroxyl groups excluding tert-OH is 1. The van der Waals surface area contributed by atoms with Gasteiger partial charge in [0, 0.05) is 13.1 Å². The van der Waals surface area contributed by atoms with E-state index in [1.807, 2.05) is 6.92 Å². The normalized spacial score (nSPS) is 12.1. The van der Waals surface area contributed by atoms with E-state index in [4.69, 9.17) is 5.11 Å². The molecule has 0 unspecified atom stereocenters. The van der Waals surface area contributed by atoms with E-state index in [0.717, 1.165) is 6.07 Å². The molecule has 1 N–H and O–H groups in total. The van der Waals surface area contributed by atoms with E-state index >= 15 is 0 Å². The summed E-state index contributed by atoms with van der Waals surface area (Å²) in [6.07, 6.45) is 0.661. The predicted molar refractivity (Wildman–Crippen MR) is 67.0 cm³/mol. The molecule has 0 aromatic heterocycles. The maximum Gasteiger partial charge on any atom is 0.245 e. The van der Waals surface area contributed by atoms with Crippen LogP contribution < -0.4 is 0 Å². The van der Waals surface area contributed by atoms with Gasteiger partial charge in [0.1, 0.15) is 10.7 Å². The molecule has 1 aromatic carbocycles. The Kier molecular flexibility index (Phi) is 5.25. The zero-order valence-corrected chi connectivity index (χ0v) is 11.4. The molecule has 0 heterocycles. The van der Waals surface area contributed by atoms with Crippen LogP contribution in [0.4, 0.5) is 4.39 Å². The molecule has 0 aliphatic rings. The summed E-state index contributed by atoms with van der Waals surface area (Å²) in [6, 6.07) is 3.62. The highest BCUT2D eigenvalue weighted by Gasteiger charge is 2.25. The Hall–Kier alpha value is -0.980. The Bertz CT molecular complexity index is 502. The summed E-state index contributed by atoms with van der Waals surface area (Å²) < 4.78 is 39.4. The molecule has 1 rings (SSSR count). The van der Waals surface area contributed by atoms with Gasteiger partial charge in [-0.05, 0) is 24.1 Å². The third kappa shape index (κ3) is 3.07. The molecule has 0 saturated heterocycles. The van der Waals surface area contributed by atoms with Gasteiger partial charge >= 0.3 is 0 Å². The number of nitrogens with zero attached hydrogens (tertiary/aromatic N) is 1. The number of rotatable bonds is 6. The number of halogens is 1. The van der Waals surface area contributed by atoms with Crippen LogP contribution in [0.5, 0.6) is 0 Å². The fourth-order valence-electron chi connectivity index (χ4n) is 1.68. The first-order chi connectivity index (χ1) is 8.47. The number of aliphatic hydroxyl groups is 1. The monoisotopic (exact) mass is 275 g/mol. The molecular weight excluding hydrogens is 257 g/mol. The van der Waals surface area contributed by atoms with Crippen LogP contribution in [0.15, 0.2) is 23.1 Å². The largest absolute Gasteiger partial charge is 0.392 e. The standard InChI is InChI=1S/C12H18FNO3S/c1-3-7-14(4-2)18(16,17)12-8-10(9-15)5-6-11(12)13/h5-6,8,15H,3-4,7,9H2,1-2H3. The minimum atomic E-state index is -3.83. The quantitative estimate of drug-likeness (QED) is 0.860. The molecule has 18 heavy (non-hydrogen) atoms.